The second-order valence-electron chi connectivity index (χ2n) is 4.58. The minimum Gasteiger partial charge on any atom is -0.394 e. The molecule has 88 valence electrons. The van der Waals surface area contributed by atoms with Gasteiger partial charge >= 0.3 is 0 Å². The minimum absolute atomic E-state index is 0.0129. The molecule has 1 fully saturated rings. The van der Waals surface area contributed by atoms with E-state index in [1.54, 1.807) is 0 Å². The van der Waals surface area contributed by atoms with Crippen molar-refractivity contribution in [2.24, 2.45) is 0 Å². The zero-order valence-electron chi connectivity index (χ0n) is 9.67. The lowest BCUT2D eigenvalue weighted by Gasteiger charge is -2.14. The van der Waals surface area contributed by atoms with E-state index in [0.717, 1.165) is 12.8 Å². The first kappa shape index (κ1) is 10.8. The van der Waals surface area contributed by atoms with Crippen molar-refractivity contribution in [2.75, 3.05) is 6.61 Å². The van der Waals surface area contributed by atoms with E-state index in [4.69, 9.17) is 9.84 Å². The highest BCUT2D eigenvalue weighted by atomic mass is 16.5. The van der Waals surface area contributed by atoms with E-state index in [2.05, 4.69) is 42.5 Å². The average molecular weight is 228 g/mol. The van der Waals surface area contributed by atoms with Crippen molar-refractivity contribution in [3.63, 3.8) is 0 Å². The lowest BCUT2D eigenvalue weighted by atomic mass is 9.99. The van der Waals surface area contributed by atoms with E-state index in [9.17, 15) is 0 Å². The SMILES string of the molecule is OC[C@@H]1CC[C@H](c2cccc3ccccc23)O1. The van der Waals surface area contributed by atoms with Crippen LogP contribution in [0.5, 0.6) is 0 Å². The molecule has 1 aliphatic rings. The van der Waals surface area contributed by atoms with E-state index in [-0.39, 0.29) is 18.8 Å². The quantitative estimate of drug-likeness (QED) is 0.856. The van der Waals surface area contributed by atoms with Gasteiger partial charge in [0.05, 0.1) is 18.8 Å². The zero-order chi connectivity index (χ0) is 11.7. The molecule has 17 heavy (non-hydrogen) atoms. The molecular weight excluding hydrogens is 212 g/mol. The molecule has 2 heteroatoms. The summed E-state index contributed by atoms with van der Waals surface area (Å²) in [6.45, 7) is 0.126. The smallest absolute Gasteiger partial charge is 0.0836 e. The molecule has 2 aromatic carbocycles. The molecule has 0 unspecified atom stereocenters. The highest BCUT2D eigenvalue weighted by Crippen LogP contribution is 2.36. The van der Waals surface area contributed by atoms with E-state index < -0.39 is 0 Å². The van der Waals surface area contributed by atoms with Crippen molar-refractivity contribution in [3.05, 3.63) is 48.0 Å². The van der Waals surface area contributed by atoms with Gasteiger partial charge in [0.15, 0.2) is 0 Å². The lowest BCUT2D eigenvalue weighted by Crippen LogP contribution is -2.11. The monoisotopic (exact) mass is 228 g/mol. The fourth-order valence-corrected chi connectivity index (χ4v) is 2.60. The van der Waals surface area contributed by atoms with Crippen LogP contribution in [0.2, 0.25) is 0 Å². The summed E-state index contributed by atoms with van der Waals surface area (Å²) in [5, 5.41) is 11.6. The first-order chi connectivity index (χ1) is 8.38. The summed E-state index contributed by atoms with van der Waals surface area (Å²) in [6, 6.07) is 14.7. The van der Waals surface area contributed by atoms with E-state index in [0.29, 0.717) is 0 Å². The second-order valence-corrected chi connectivity index (χ2v) is 4.58. The van der Waals surface area contributed by atoms with E-state index >= 15 is 0 Å². The van der Waals surface area contributed by atoms with Crippen LogP contribution in [0, 0.1) is 0 Å². The van der Waals surface area contributed by atoms with Crippen molar-refractivity contribution in [3.8, 4) is 0 Å². The van der Waals surface area contributed by atoms with Crippen LogP contribution >= 0.6 is 0 Å². The third-order valence-electron chi connectivity index (χ3n) is 3.48. The highest BCUT2D eigenvalue weighted by Gasteiger charge is 2.26. The molecule has 0 saturated carbocycles. The van der Waals surface area contributed by atoms with Crippen LogP contribution in [0.25, 0.3) is 10.8 Å². The summed E-state index contributed by atoms with van der Waals surface area (Å²) >= 11 is 0. The molecule has 0 bridgehead atoms. The predicted octanol–water partition coefficient (Wildman–Crippen LogP) is 3.05. The Balaban J connectivity index is 2.00. The van der Waals surface area contributed by atoms with Gasteiger partial charge < -0.3 is 9.84 Å². The molecule has 0 radical (unpaired) electrons. The van der Waals surface area contributed by atoms with Gasteiger partial charge in [-0.1, -0.05) is 42.5 Å². The van der Waals surface area contributed by atoms with Crippen LogP contribution in [0.4, 0.5) is 0 Å². The largest absolute Gasteiger partial charge is 0.394 e. The van der Waals surface area contributed by atoms with Gasteiger partial charge in [-0.3, -0.25) is 0 Å². The fraction of sp³-hybridized carbons (Fsp3) is 0.333. The lowest BCUT2D eigenvalue weighted by molar-refractivity contribution is 0.0116. The van der Waals surface area contributed by atoms with Crippen LogP contribution in [0.15, 0.2) is 42.5 Å². The van der Waals surface area contributed by atoms with Crippen molar-refractivity contribution in [2.45, 2.75) is 25.0 Å². The third kappa shape index (κ3) is 1.94. The number of aliphatic hydroxyl groups excluding tert-OH is 1. The number of hydrogen-bond donors (Lipinski definition) is 1. The molecule has 1 heterocycles. The number of ether oxygens (including phenoxy) is 1. The van der Waals surface area contributed by atoms with Gasteiger partial charge in [-0.15, -0.1) is 0 Å². The van der Waals surface area contributed by atoms with Crippen molar-refractivity contribution in [1.29, 1.82) is 0 Å². The Morgan fingerprint density at radius 1 is 1.06 bits per heavy atom. The fourth-order valence-electron chi connectivity index (χ4n) is 2.60. The average Bonchev–Trinajstić information content (AvgIpc) is 2.87. The molecule has 2 atom stereocenters. The molecule has 0 spiro atoms. The molecule has 1 saturated heterocycles. The number of aliphatic hydroxyl groups is 1. The van der Waals surface area contributed by atoms with Crippen LogP contribution in [-0.2, 0) is 4.74 Å². The van der Waals surface area contributed by atoms with Crippen LogP contribution in [0.3, 0.4) is 0 Å². The summed E-state index contributed by atoms with van der Waals surface area (Å²) in [7, 11) is 0. The first-order valence-corrected chi connectivity index (χ1v) is 6.12. The number of hydrogen-bond acceptors (Lipinski definition) is 2. The third-order valence-corrected chi connectivity index (χ3v) is 3.48. The number of rotatable bonds is 2. The Morgan fingerprint density at radius 2 is 1.88 bits per heavy atom. The van der Waals surface area contributed by atoms with Crippen LogP contribution < -0.4 is 0 Å². The summed E-state index contributed by atoms with van der Waals surface area (Å²) in [4.78, 5) is 0. The standard InChI is InChI=1S/C15H16O2/c16-10-12-8-9-15(17-12)14-7-3-5-11-4-1-2-6-13(11)14/h1-7,12,15-16H,8-10H2/t12-,15+/m0/s1. The zero-order valence-corrected chi connectivity index (χ0v) is 9.67. The van der Waals surface area contributed by atoms with Crippen LogP contribution in [-0.4, -0.2) is 17.8 Å². The normalized spacial score (nSPS) is 24.3. The van der Waals surface area contributed by atoms with Crippen molar-refractivity contribution < 1.29 is 9.84 Å². The molecule has 3 rings (SSSR count). The molecule has 1 aliphatic heterocycles. The summed E-state index contributed by atoms with van der Waals surface area (Å²) in [5.41, 5.74) is 1.25. The Labute approximate surface area is 101 Å². The van der Waals surface area contributed by atoms with E-state index in [1.807, 2.05) is 0 Å². The molecule has 0 amide bonds. The first-order valence-electron chi connectivity index (χ1n) is 6.12. The Morgan fingerprint density at radius 3 is 2.71 bits per heavy atom. The molecule has 0 aromatic heterocycles. The molecule has 1 N–H and O–H groups in total. The van der Waals surface area contributed by atoms with Gasteiger partial charge in [0.1, 0.15) is 0 Å². The Bertz CT molecular complexity index is 516. The van der Waals surface area contributed by atoms with Gasteiger partial charge in [-0.25, -0.2) is 0 Å². The molecule has 0 aliphatic carbocycles. The Hall–Kier alpha value is -1.38. The number of benzene rings is 2. The van der Waals surface area contributed by atoms with Crippen LogP contribution in [0.1, 0.15) is 24.5 Å². The highest BCUT2D eigenvalue weighted by molar-refractivity contribution is 5.86. The van der Waals surface area contributed by atoms with Crippen molar-refractivity contribution >= 4 is 10.8 Å². The van der Waals surface area contributed by atoms with Gasteiger partial charge in [-0.2, -0.15) is 0 Å². The maximum Gasteiger partial charge on any atom is 0.0836 e. The van der Waals surface area contributed by atoms with Crippen molar-refractivity contribution in [1.82, 2.24) is 0 Å². The van der Waals surface area contributed by atoms with Gasteiger partial charge in [0.25, 0.3) is 0 Å². The van der Waals surface area contributed by atoms with Gasteiger partial charge in [-0.05, 0) is 29.2 Å². The van der Waals surface area contributed by atoms with Gasteiger partial charge in [0.2, 0.25) is 0 Å². The minimum atomic E-state index is 0.0129. The topological polar surface area (TPSA) is 29.5 Å². The predicted molar refractivity (Wildman–Crippen MR) is 67.9 cm³/mol. The summed E-state index contributed by atoms with van der Waals surface area (Å²) in [6.07, 6.45) is 2.10. The summed E-state index contributed by atoms with van der Waals surface area (Å²) < 4.78 is 5.85. The maximum absolute atomic E-state index is 9.12. The molecular formula is C15H16O2. The second kappa shape index (κ2) is 4.47. The summed E-state index contributed by atoms with van der Waals surface area (Å²) in [5.74, 6) is 0. The maximum atomic E-state index is 9.12. The molecule has 2 nitrogen and oxygen atoms in total. The van der Waals surface area contributed by atoms with Gasteiger partial charge in [0, 0.05) is 0 Å². The number of fused-ring (bicyclic) bond motifs is 1. The Kier molecular flexibility index (Phi) is 2.83. The van der Waals surface area contributed by atoms with E-state index in [1.165, 1.54) is 16.3 Å². The molecule has 2 aromatic rings.